The van der Waals surface area contributed by atoms with E-state index in [4.69, 9.17) is 4.74 Å². The minimum atomic E-state index is -1.34. The largest absolute Gasteiger partial charge is 0.479 e. The Morgan fingerprint density at radius 3 is 2.12 bits per heavy atom. The number of fused-ring (bicyclic) bond motifs is 3. The van der Waals surface area contributed by atoms with Crippen LogP contribution in [0.25, 0.3) is 11.1 Å². The molecule has 3 rings (SSSR count). The number of nitrogens with one attached hydrogen (secondary N) is 1. The summed E-state index contributed by atoms with van der Waals surface area (Å²) in [6.45, 7) is 1.63. The molecule has 1 aliphatic carbocycles. The van der Waals surface area contributed by atoms with Gasteiger partial charge in [0.1, 0.15) is 12.1 Å². The molecule has 1 atom stereocenters. The first-order valence-electron chi connectivity index (χ1n) is 7.89. The van der Waals surface area contributed by atoms with E-state index in [1.54, 1.807) is 0 Å². The Kier molecular flexibility index (Phi) is 4.99. The number of hydrogen-bond donors (Lipinski definition) is 2. The van der Waals surface area contributed by atoms with Gasteiger partial charge in [0.15, 0.2) is 0 Å². The van der Waals surface area contributed by atoms with E-state index < -0.39 is 17.6 Å². The van der Waals surface area contributed by atoms with E-state index in [0.717, 1.165) is 22.3 Å². The molecule has 0 heterocycles. The topological polar surface area (TPSA) is 75.6 Å². The third-order valence-electron chi connectivity index (χ3n) is 4.46. The van der Waals surface area contributed by atoms with Crippen molar-refractivity contribution < 1.29 is 19.4 Å². The van der Waals surface area contributed by atoms with Crippen LogP contribution in [0.15, 0.2) is 48.5 Å². The predicted molar refractivity (Wildman–Crippen MR) is 103 cm³/mol. The number of carbonyl (C=O) groups is 2. The third-order valence-corrected chi connectivity index (χ3v) is 5.99. The minimum Gasteiger partial charge on any atom is -0.479 e. The standard InChI is InChI=1S/C19H18INO4/c1-19(11-20,17(22)23)21-18(24)25-10-16-14-8-4-2-6-12(14)13-7-3-5-9-15(13)16/h2-9,16H,10-11H2,1H3,(H,21,24)(H,22,23)/t19-/m0/s1. The summed E-state index contributed by atoms with van der Waals surface area (Å²) in [5.41, 5.74) is 3.19. The van der Waals surface area contributed by atoms with Crippen molar-refractivity contribution in [2.45, 2.75) is 18.4 Å². The van der Waals surface area contributed by atoms with Crippen molar-refractivity contribution in [1.29, 1.82) is 0 Å². The summed E-state index contributed by atoms with van der Waals surface area (Å²) in [7, 11) is 0. The lowest BCUT2D eigenvalue weighted by Gasteiger charge is -2.24. The van der Waals surface area contributed by atoms with Crippen LogP contribution < -0.4 is 5.32 Å². The van der Waals surface area contributed by atoms with Gasteiger partial charge < -0.3 is 15.2 Å². The van der Waals surface area contributed by atoms with Gasteiger partial charge in [-0.2, -0.15) is 0 Å². The summed E-state index contributed by atoms with van der Waals surface area (Å²) in [4.78, 5) is 23.4. The van der Waals surface area contributed by atoms with Crippen LogP contribution in [0, 0.1) is 0 Å². The molecule has 0 aromatic heterocycles. The van der Waals surface area contributed by atoms with E-state index in [9.17, 15) is 14.7 Å². The van der Waals surface area contributed by atoms with Gasteiger partial charge in [-0.05, 0) is 29.2 Å². The molecule has 0 saturated heterocycles. The van der Waals surface area contributed by atoms with Gasteiger partial charge in [0.25, 0.3) is 0 Å². The van der Waals surface area contributed by atoms with Gasteiger partial charge in [-0.25, -0.2) is 9.59 Å². The van der Waals surface area contributed by atoms with Crippen LogP contribution in [0.2, 0.25) is 0 Å². The minimum absolute atomic E-state index is 0.0474. The van der Waals surface area contributed by atoms with Crippen molar-refractivity contribution in [3.05, 3.63) is 59.7 Å². The molecule has 0 bridgehead atoms. The van der Waals surface area contributed by atoms with Crippen LogP contribution in [0.3, 0.4) is 0 Å². The highest BCUT2D eigenvalue weighted by atomic mass is 127. The van der Waals surface area contributed by atoms with Crippen molar-refractivity contribution in [2.75, 3.05) is 11.0 Å². The Hall–Kier alpha value is -2.09. The predicted octanol–water partition coefficient (Wildman–Crippen LogP) is 3.80. The third kappa shape index (κ3) is 3.35. The molecular weight excluding hydrogens is 433 g/mol. The summed E-state index contributed by atoms with van der Waals surface area (Å²) in [5.74, 6) is -1.13. The molecule has 0 fully saturated rings. The quantitative estimate of drug-likeness (QED) is 0.536. The number of carbonyl (C=O) groups excluding carboxylic acids is 1. The number of benzene rings is 2. The molecular formula is C19H18INO4. The monoisotopic (exact) mass is 451 g/mol. The Morgan fingerprint density at radius 1 is 1.12 bits per heavy atom. The van der Waals surface area contributed by atoms with Crippen LogP contribution >= 0.6 is 22.6 Å². The lowest BCUT2D eigenvalue weighted by atomic mass is 9.98. The van der Waals surface area contributed by atoms with E-state index in [-0.39, 0.29) is 17.0 Å². The zero-order chi connectivity index (χ0) is 18.0. The number of halogens is 1. The normalized spacial score (nSPS) is 15.0. The fourth-order valence-electron chi connectivity index (χ4n) is 3.00. The van der Waals surface area contributed by atoms with Gasteiger partial charge in [0.2, 0.25) is 0 Å². The molecule has 6 heteroatoms. The van der Waals surface area contributed by atoms with Crippen molar-refractivity contribution in [3.8, 4) is 11.1 Å². The number of hydrogen-bond acceptors (Lipinski definition) is 3. The molecule has 130 valence electrons. The zero-order valence-electron chi connectivity index (χ0n) is 13.7. The number of carboxylic acids is 1. The number of alkyl carbamates (subject to hydrolysis) is 1. The highest BCUT2D eigenvalue weighted by Crippen LogP contribution is 2.44. The Morgan fingerprint density at radius 2 is 1.64 bits per heavy atom. The average molecular weight is 451 g/mol. The molecule has 0 radical (unpaired) electrons. The molecule has 25 heavy (non-hydrogen) atoms. The van der Waals surface area contributed by atoms with E-state index in [1.807, 2.05) is 59.0 Å². The lowest BCUT2D eigenvalue weighted by Crippen LogP contribution is -2.53. The summed E-state index contributed by atoms with van der Waals surface area (Å²) in [6, 6.07) is 16.1. The number of aliphatic carboxylic acids is 1. The van der Waals surface area contributed by atoms with Gasteiger partial charge in [0.05, 0.1) is 0 Å². The molecule has 1 aliphatic rings. The first kappa shape index (κ1) is 17.7. The van der Waals surface area contributed by atoms with Crippen LogP contribution in [-0.2, 0) is 9.53 Å². The molecule has 0 unspecified atom stereocenters. The Balaban J connectivity index is 1.76. The average Bonchev–Trinajstić information content (AvgIpc) is 2.94. The second-order valence-electron chi connectivity index (χ2n) is 6.22. The second-order valence-corrected chi connectivity index (χ2v) is 6.98. The maximum Gasteiger partial charge on any atom is 0.408 e. The highest BCUT2D eigenvalue weighted by Gasteiger charge is 2.35. The maximum absolute atomic E-state index is 12.1. The number of ether oxygens (including phenoxy) is 1. The van der Waals surface area contributed by atoms with Crippen molar-refractivity contribution >= 4 is 34.7 Å². The molecule has 0 spiro atoms. The van der Waals surface area contributed by atoms with E-state index >= 15 is 0 Å². The molecule has 2 aromatic carbocycles. The fraction of sp³-hybridized carbons (Fsp3) is 0.263. The molecule has 0 aliphatic heterocycles. The van der Waals surface area contributed by atoms with Crippen molar-refractivity contribution in [2.24, 2.45) is 0 Å². The number of amides is 1. The van der Waals surface area contributed by atoms with E-state index in [0.29, 0.717) is 0 Å². The zero-order valence-corrected chi connectivity index (χ0v) is 15.8. The number of alkyl halides is 1. The van der Waals surface area contributed by atoms with Crippen LogP contribution in [-0.4, -0.2) is 33.7 Å². The second kappa shape index (κ2) is 7.03. The van der Waals surface area contributed by atoms with Crippen molar-refractivity contribution in [3.63, 3.8) is 0 Å². The van der Waals surface area contributed by atoms with E-state index in [1.165, 1.54) is 6.92 Å². The van der Waals surface area contributed by atoms with Crippen molar-refractivity contribution in [1.82, 2.24) is 5.32 Å². The molecule has 0 saturated carbocycles. The fourth-order valence-corrected chi connectivity index (χ4v) is 3.52. The van der Waals surface area contributed by atoms with Crippen LogP contribution in [0.4, 0.5) is 4.79 Å². The molecule has 1 amide bonds. The van der Waals surface area contributed by atoms with E-state index in [2.05, 4.69) is 17.4 Å². The van der Waals surface area contributed by atoms with Gasteiger partial charge >= 0.3 is 12.1 Å². The van der Waals surface area contributed by atoms with Gasteiger partial charge in [0, 0.05) is 10.3 Å². The first-order chi connectivity index (χ1) is 12.0. The first-order valence-corrected chi connectivity index (χ1v) is 9.41. The summed E-state index contributed by atoms with van der Waals surface area (Å²) >= 11 is 1.93. The number of carboxylic acid groups (broad SMARTS) is 1. The van der Waals surface area contributed by atoms with Crippen LogP contribution in [0.1, 0.15) is 24.0 Å². The smallest absolute Gasteiger partial charge is 0.408 e. The SMILES string of the molecule is C[C@@](CI)(NC(=O)OCC1c2ccccc2-c2ccccc21)C(=O)O. The van der Waals surface area contributed by atoms with Gasteiger partial charge in [-0.15, -0.1) is 0 Å². The Labute approximate surface area is 159 Å². The molecule has 5 nitrogen and oxygen atoms in total. The molecule has 2 aromatic rings. The summed E-state index contributed by atoms with van der Waals surface area (Å²) in [6.07, 6.45) is -0.719. The highest BCUT2D eigenvalue weighted by molar-refractivity contribution is 14.1. The summed E-state index contributed by atoms with van der Waals surface area (Å²) < 4.78 is 5.61. The van der Waals surface area contributed by atoms with Gasteiger partial charge in [-0.1, -0.05) is 71.1 Å². The van der Waals surface area contributed by atoms with Crippen LogP contribution in [0.5, 0.6) is 0 Å². The van der Waals surface area contributed by atoms with Gasteiger partial charge in [-0.3, -0.25) is 0 Å². The Bertz CT molecular complexity index is 777. The lowest BCUT2D eigenvalue weighted by molar-refractivity contribution is -0.142. The summed E-state index contributed by atoms with van der Waals surface area (Å²) in [5, 5.41) is 11.7. The maximum atomic E-state index is 12.1. The number of rotatable bonds is 5. The molecule has 2 N–H and O–H groups in total.